The van der Waals surface area contributed by atoms with E-state index >= 15 is 0 Å². The van der Waals surface area contributed by atoms with Crippen molar-refractivity contribution >= 4 is 17.1 Å². The number of phenolic OH excluding ortho intramolecular Hbond substituents is 1. The second-order valence-electron chi connectivity index (χ2n) is 4.89. The second kappa shape index (κ2) is 5.55. The lowest BCUT2D eigenvalue weighted by Crippen LogP contribution is -2.05. The van der Waals surface area contributed by atoms with E-state index in [1.165, 1.54) is 31.4 Å². The summed E-state index contributed by atoms with van der Waals surface area (Å²) in [7, 11) is 1.22. The van der Waals surface area contributed by atoms with Crippen molar-refractivity contribution in [1.82, 2.24) is 4.98 Å². The van der Waals surface area contributed by atoms with Crippen molar-refractivity contribution in [2.24, 2.45) is 0 Å². The molecule has 24 heavy (non-hydrogen) atoms. The van der Waals surface area contributed by atoms with Crippen LogP contribution in [0.1, 0.15) is 15.9 Å². The second-order valence-corrected chi connectivity index (χ2v) is 4.89. The lowest BCUT2D eigenvalue weighted by atomic mass is 10.1. The van der Waals surface area contributed by atoms with Crippen LogP contribution in [-0.4, -0.2) is 23.2 Å². The standard InChI is InChI=1S/C16H10F3NO4/c1-23-15(22)8-5-6-11-12(7-8)24-14(20-11)9-3-2-4-10(13(9)21)16(17,18)19/h2-7,21H,1H3. The molecule has 0 amide bonds. The Morgan fingerprint density at radius 2 is 2.00 bits per heavy atom. The van der Waals surface area contributed by atoms with Crippen LogP contribution in [0.2, 0.25) is 0 Å². The van der Waals surface area contributed by atoms with Crippen LogP contribution >= 0.6 is 0 Å². The van der Waals surface area contributed by atoms with Crippen LogP contribution in [0.4, 0.5) is 13.2 Å². The largest absolute Gasteiger partial charge is 0.506 e. The zero-order valence-electron chi connectivity index (χ0n) is 12.2. The smallest absolute Gasteiger partial charge is 0.419 e. The van der Waals surface area contributed by atoms with Crippen molar-refractivity contribution in [2.75, 3.05) is 7.11 Å². The number of carbonyl (C=O) groups excluding carboxylic acids is 1. The fourth-order valence-corrected chi connectivity index (χ4v) is 2.23. The van der Waals surface area contributed by atoms with Gasteiger partial charge in [-0.15, -0.1) is 0 Å². The van der Waals surface area contributed by atoms with E-state index in [1.54, 1.807) is 0 Å². The zero-order valence-corrected chi connectivity index (χ0v) is 12.2. The molecule has 8 heteroatoms. The SMILES string of the molecule is COC(=O)c1ccc2nc(-c3cccc(C(F)(F)F)c3O)oc2c1. The Bertz CT molecular complexity index is 931. The topological polar surface area (TPSA) is 72.6 Å². The number of phenols is 1. The summed E-state index contributed by atoms with van der Waals surface area (Å²) >= 11 is 0. The van der Waals surface area contributed by atoms with Crippen molar-refractivity contribution in [3.63, 3.8) is 0 Å². The fourth-order valence-electron chi connectivity index (χ4n) is 2.23. The molecule has 0 aliphatic carbocycles. The number of methoxy groups -OCH3 is 1. The van der Waals surface area contributed by atoms with E-state index in [9.17, 15) is 23.1 Å². The minimum Gasteiger partial charge on any atom is -0.506 e. The summed E-state index contributed by atoms with van der Waals surface area (Å²) in [6.07, 6.45) is -4.70. The molecule has 124 valence electrons. The predicted molar refractivity (Wildman–Crippen MR) is 77.5 cm³/mol. The molecule has 0 spiro atoms. The fraction of sp³-hybridized carbons (Fsp3) is 0.125. The molecule has 0 atom stereocenters. The van der Waals surface area contributed by atoms with Gasteiger partial charge >= 0.3 is 12.1 Å². The number of benzene rings is 2. The molecule has 0 unspecified atom stereocenters. The van der Waals surface area contributed by atoms with Crippen molar-refractivity contribution in [1.29, 1.82) is 0 Å². The van der Waals surface area contributed by atoms with Gasteiger partial charge in [0.05, 0.1) is 23.8 Å². The van der Waals surface area contributed by atoms with E-state index < -0.39 is 23.5 Å². The maximum atomic E-state index is 12.9. The Hall–Kier alpha value is -3.03. The van der Waals surface area contributed by atoms with Gasteiger partial charge < -0.3 is 14.3 Å². The third kappa shape index (κ3) is 2.66. The zero-order chi connectivity index (χ0) is 17.5. The van der Waals surface area contributed by atoms with Crippen molar-refractivity contribution < 1.29 is 32.2 Å². The van der Waals surface area contributed by atoms with Crippen LogP contribution in [0, 0.1) is 0 Å². The van der Waals surface area contributed by atoms with Crippen molar-refractivity contribution in [3.8, 4) is 17.2 Å². The first-order valence-electron chi connectivity index (χ1n) is 6.69. The normalized spacial score (nSPS) is 11.7. The Morgan fingerprint density at radius 3 is 2.67 bits per heavy atom. The Morgan fingerprint density at radius 1 is 1.25 bits per heavy atom. The van der Waals surface area contributed by atoms with Gasteiger partial charge in [-0.2, -0.15) is 13.2 Å². The van der Waals surface area contributed by atoms with Gasteiger partial charge in [0.1, 0.15) is 11.3 Å². The molecular weight excluding hydrogens is 327 g/mol. The number of carbonyl (C=O) groups is 1. The number of hydrogen-bond acceptors (Lipinski definition) is 5. The summed E-state index contributed by atoms with van der Waals surface area (Å²) in [5.74, 6) is -1.74. The molecule has 1 N–H and O–H groups in total. The minimum atomic E-state index is -4.70. The Labute approximate surface area is 133 Å². The molecule has 0 fully saturated rings. The summed E-state index contributed by atoms with van der Waals surface area (Å²) in [4.78, 5) is 15.5. The van der Waals surface area contributed by atoms with Crippen molar-refractivity contribution in [2.45, 2.75) is 6.18 Å². The van der Waals surface area contributed by atoms with Crippen LogP contribution in [0.5, 0.6) is 5.75 Å². The number of aromatic hydroxyl groups is 1. The number of hydrogen-bond donors (Lipinski definition) is 1. The molecule has 0 radical (unpaired) electrons. The molecule has 2 aromatic carbocycles. The number of para-hydroxylation sites is 1. The molecule has 0 saturated carbocycles. The number of aromatic nitrogens is 1. The summed E-state index contributed by atoms with van der Waals surface area (Å²) in [6.45, 7) is 0. The molecule has 0 aliphatic rings. The summed E-state index contributed by atoms with van der Waals surface area (Å²) in [5, 5.41) is 9.89. The Balaban J connectivity index is 2.12. The summed E-state index contributed by atoms with van der Waals surface area (Å²) in [5.41, 5.74) is -0.654. The number of esters is 1. The van der Waals surface area contributed by atoms with E-state index in [2.05, 4.69) is 9.72 Å². The van der Waals surface area contributed by atoms with Gasteiger partial charge in [0.2, 0.25) is 5.89 Å². The first-order chi connectivity index (χ1) is 11.3. The van der Waals surface area contributed by atoms with Gasteiger partial charge in [-0.25, -0.2) is 9.78 Å². The van der Waals surface area contributed by atoms with Crippen LogP contribution in [0.15, 0.2) is 40.8 Å². The van der Waals surface area contributed by atoms with Crippen LogP contribution < -0.4 is 0 Å². The van der Waals surface area contributed by atoms with E-state index in [4.69, 9.17) is 4.42 Å². The Kier molecular flexibility index (Phi) is 3.67. The van der Waals surface area contributed by atoms with Gasteiger partial charge in [0, 0.05) is 0 Å². The maximum Gasteiger partial charge on any atom is 0.419 e. The monoisotopic (exact) mass is 337 g/mol. The molecule has 0 bridgehead atoms. The van der Waals surface area contributed by atoms with Crippen LogP contribution in [0.3, 0.4) is 0 Å². The van der Waals surface area contributed by atoms with Crippen LogP contribution in [-0.2, 0) is 10.9 Å². The molecule has 3 rings (SSSR count). The average molecular weight is 337 g/mol. The van der Waals surface area contributed by atoms with E-state index in [1.807, 2.05) is 0 Å². The number of oxazole rings is 1. The molecule has 1 heterocycles. The predicted octanol–water partition coefficient (Wildman–Crippen LogP) is 4.01. The van der Waals surface area contributed by atoms with Gasteiger partial charge in [-0.3, -0.25) is 0 Å². The van der Waals surface area contributed by atoms with Gasteiger partial charge in [0.25, 0.3) is 0 Å². The molecule has 1 aromatic heterocycles. The summed E-state index contributed by atoms with van der Waals surface area (Å²) in [6, 6.07) is 7.45. The third-order valence-corrected chi connectivity index (χ3v) is 3.38. The number of rotatable bonds is 2. The number of alkyl halides is 3. The first kappa shape index (κ1) is 15.9. The van der Waals surface area contributed by atoms with Gasteiger partial charge in [0.15, 0.2) is 5.58 Å². The van der Waals surface area contributed by atoms with E-state index in [0.29, 0.717) is 5.52 Å². The number of halogens is 3. The summed E-state index contributed by atoms with van der Waals surface area (Å²) < 4.78 is 48.6. The highest BCUT2D eigenvalue weighted by molar-refractivity contribution is 5.93. The van der Waals surface area contributed by atoms with Crippen LogP contribution in [0.25, 0.3) is 22.6 Å². The average Bonchev–Trinajstić information content (AvgIpc) is 2.95. The van der Waals surface area contributed by atoms with Gasteiger partial charge in [-0.05, 0) is 30.3 Å². The third-order valence-electron chi connectivity index (χ3n) is 3.38. The maximum absolute atomic E-state index is 12.9. The molecule has 3 aromatic rings. The lowest BCUT2D eigenvalue weighted by Gasteiger charge is -2.10. The quantitative estimate of drug-likeness (QED) is 0.716. The first-order valence-corrected chi connectivity index (χ1v) is 6.69. The molecule has 0 aliphatic heterocycles. The number of ether oxygens (including phenoxy) is 1. The minimum absolute atomic E-state index is 0.185. The highest BCUT2D eigenvalue weighted by atomic mass is 19.4. The van der Waals surface area contributed by atoms with Crippen molar-refractivity contribution in [3.05, 3.63) is 47.5 Å². The van der Waals surface area contributed by atoms with E-state index in [0.717, 1.165) is 12.1 Å². The molecule has 0 saturated heterocycles. The molecular formula is C16H10F3NO4. The van der Waals surface area contributed by atoms with Gasteiger partial charge in [-0.1, -0.05) is 6.07 Å². The number of nitrogens with zero attached hydrogens (tertiary/aromatic N) is 1. The highest BCUT2D eigenvalue weighted by Crippen LogP contribution is 2.41. The van der Waals surface area contributed by atoms with E-state index in [-0.39, 0.29) is 22.6 Å². The number of fused-ring (bicyclic) bond motifs is 1. The highest BCUT2D eigenvalue weighted by Gasteiger charge is 2.35. The molecule has 5 nitrogen and oxygen atoms in total. The lowest BCUT2D eigenvalue weighted by molar-refractivity contribution is -0.138.